The van der Waals surface area contributed by atoms with Gasteiger partial charge in [0.05, 0.1) is 17.0 Å². The lowest BCUT2D eigenvalue weighted by Crippen LogP contribution is -2.32. The molecule has 3 rings (SSSR count). The molecule has 2 aromatic rings. The predicted molar refractivity (Wildman–Crippen MR) is 81.6 cm³/mol. The van der Waals surface area contributed by atoms with Gasteiger partial charge in [0.2, 0.25) is 0 Å². The Labute approximate surface area is 118 Å². The van der Waals surface area contributed by atoms with E-state index in [2.05, 4.69) is 4.98 Å². The summed E-state index contributed by atoms with van der Waals surface area (Å²) in [4.78, 5) is 6.36. The average Bonchev–Trinajstić information content (AvgIpc) is 2.77. The minimum atomic E-state index is -2.89. The van der Waals surface area contributed by atoms with Gasteiger partial charge in [-0.1, -0.05) is 0 Å². The molecule has 0 amide bonds. The highest BCUT2D eigenvalue weighted by molar-refractivity contribution is 7.91. The molecule has 0 bridgehead atoms. The molecule has 20 heavy (non-hydrogen) atoms. The molecule has 1 saturated heterocycles. The van der Waals surface area contributed by atoms with E-state index in [1.54, 1.807) is 6.20 Å². The fourth-order valence-corrected chi connectivity index (χ4v) is 4.51. The van der Waals surface area contributed by atoms with Gasteiger partial charge in [0.1, 0.15) is 0 Å². The van der Waals surface area contributed by atoms with E-state index >= 15 is 0 Å². The van der Waals surface area contributed by atoms with Crippen molar-refractivity contribution >= 4 is 32.1 Å². The Morgan fingerprint density at radius 2 is 2.15 bits per heavy atom. The molecular weight excluding hydrogens is 274 g/mol. The molecule has 0 radical (unpaired) electrons. The fraction of sp³-hybridized carbons (Fsp3) is 0.357. The first-order valence-corrected chi connectivity index (χ1v) is 8.36. The lowest BCUT2D eigenvalue weighted by Gasteiger charge is -2.26. The number of rotatable bonds is 2. The summed E-state index contributed by atoms with van der Waals surface area (Å²) in [5.41, 5.74) is 8.28. The van der Waals surface area contributed by atoms with Gasteiger partial charge in [-0.2, -0.15) is 0 Å². The number of nitrogens with zero attached hydrogens (tertiary/aromatic N) is 2. The Bertz CT molecular complexity index is 758. The second-order valence-corrected chi connectivity index (χ2v) is 7.50. The minimum absolute atomic E-state index is 0.0307. The summed E-state index contributed by atoms with van der Waals surface area (Å²) in [6, 6.07) is 7.56. The van der Waals surface area contributed by atoms with Crippen LogP contribution >= 0.6 is 0 Å². The van der Waals surface area contributed by atoms with Crippen molar-refractivity contribution in [2.24, 2.45) is 0 Å². The molecule has 1 fully saturated rings. The van der Waals surface area contributed by atoms with Gasteiger partial charge >= 0.3 is 0 Å². The first-order valence-electron chi connectivity index (χ1n) is 6.54. The maximum Gasteiger partial charge on any atom is 0.152 e. The lowest BCUT2D eigenvalue weighted by atomic mass is 10.1. The van der Waals surface area contributed by atoms with Crippen LogP contribution in [0.3, 0.4) is 0 Å². The van der Waals surface area contributed by atoms with Gasteiger partial charge in [0.25, 0.3) is 0 Å². The van der Waals surface area contributed by atoms with Gasteiger partial charge in [0.15, 0.2) is 9.84 Å². The van der Waals surface area contributed by atoms with Crippen LogP contribution in [0.15, 0.2) is 30.5 Å². The van der Waals surface area contributed by atoms with Crippen LogP contribution < -0.4 is 10.6 Å². The summed E-state index contributed by atoms with van der Waals surface area (Å²) in [7, 11) is -0.945. The largest absolute Gasteiger partial charge is 0.399 e. The molecule has 0 aliphatic carbocycles. The standard InChI is InChI=1S/C14H17N3O2S/c1-17(11-5-7-20(18,19)9-11)14-4-6-16-13-8-10(15)2-3-12(13)14/h2-4,6,8,11H,5,7,9,15H2,1H3. The zero-order chi connectivity index (χ0) is 14.3. The number of nitrogens with two attached hydrogens (primary N) is 1. The Morgan fingerprint density at radius 1 is 1.35 bits per heavy atom. The van der Waals surface area contributed by atoms with E-state index in [0.29, 0.717) is 12.1 Å². The summed E-state index contributed by atoms with van der Waals surface area (Å²) < 4.78 is 23.3. The first kappa shape index (κ1) is 13.2. The molecule has 0 spiro atoms. The third kappa shape index (κ3) is 2.31. The average molecular weight is 291 g/mol. The van der Waals surface area contributed by atoms with Crippen molar-refractivity contribution in [2.75, 3.05) is 29.2 Å². The summed E-state index contributed by atoms with van der Waals surface area (Å²) >= 11 is 0. The van der Waals surface area contributed by atoms with Gasteiger partial charge in [-0.05, 0) is 30.7 Å². The molecule has 1 aromatic heterocycles. The normalized spacial score (nSPS) is 21.1. The quantitative estimate of drug-likeness (QED) is 0.847. The van der Waals surface area contributed by atoms with E-state index in [-0.39, 0.29) is 17.5 Å². The number of aromatic nitrogens is 1. The summed E-state index contributed by atoms with van der Waals surface area (Å²) in [6.07, 6.45) is 2.41. The van der Waals surface area contributed by atoms with Gasteiger partial charge in [0, 0.05) is 36.0 Å². The zero-order valence-electron chi connectivity index (χ0n) is 11.3. The van der Waals surface area contributed by atoms with Crippen molar-refractivity contribution in [1.82, 2.24) is 4.98 Å². The highest BCUT2D eigenvalue weighted by Gasteiger charge is 2.31. The molecule has 106 valence electrons. The van der Waals surface area contributed by atoms with E-state index in [9.17, 15) is 8.42 Å². The molecule has 2 heterocycles. The first-order chi connectivity index (χ1) is 9.46. The van der Waals surface area contributed by atoms with E-state index in [1.165, 1.54) is 0 Å². The molecule has 1 atom stereocenters. The van der Waals surface area contributed by atoms with Crippen LogP contribution in [0.5, 0.6) is 0 Å². The topological polar surface area (TPSA) is 76.3 Å². The Hall–Kier alpha value is -1.82. The number of hydrogen-bond donors (Lipinski definition) is 1. The summed E-state index contributed by atoms with van der Waals surface area (Å²) in [6.45, 7) is 0. The SMILES string of the molecule is CN(c1ccnc2cc(N)ccc12)C1CCS(=O)(=O)C1. The molecule has 2 N–H and O–H groups in total. The second kappa shape index (κ2) is 4.63. The van der Waals surface area contributed by atoms with E-state index in [0.717, 1.165) is 16.6 Å². The number of pyridine rings is 1. The molecular formula is C14H17N3O2S. The van der Waals surface area contributed by atoms with Crippen LogP contribution in [0.2, 0.25) is 0 Å². The van der Waals surface area contributed by atoms with Crippen molar-refractivity contribution < 1.29 is 8.42 Å². The number of fused-ring (bicyclic) bond motifs is 1. The predicted octanol–water partition coefficient (Wildman–Crippen LogP) is 1.44. The number of benzene rings is 1. The monoisotopic (exact) mass is 291 g/mol. The van der Waals surface area contributed by atoms with Crippen LogP contribution in [0.25, 0.3) is 10.9 Å². The van der Waals surface area contributed by atoms with Crippen molar-refractivity contribution in [3.8, 4) is 0 Å². The molecule has 6 heteroatoms. The van der Waals surface area contributed by atoms with Crippen molar-refractivity contribution in [1.29, 1.82) is 0 Å². The van der Waals surface area contributed by atoms with Crippen LogP contribution in [0, 0.1) is 0 Å². The van der Waals surface area contributed by atoms with Gasteiger partial charge < -0.3 is 10.6 Å². The van der Waals surface area contributed by atoms with E-state index in [4.69, 9.17) is 5.73 Å². The van der Waals surface area contributed by atoms with Crippen LogP contribution in [-0.2, 0) is 9.84 Å². The summed E-state index contributed by atoms with van der Waals surface area (Å²) in [5.74, 6) is 0.500. The van der Waals surface area contributed by atoms with Crippen molar-refractivity contribution in [2.45, 2.75) is 12.5 Å². The highest BCUT2D eigenvalue weighted by atomic mass is 32.2. The van der Waals surface area contributed by atoms with E-state index < -0.39 is 9.84 Å². The Kier molecular flexibility index (Phi) is 3.05. The highest BCUT2D eigenvalue weighted by Crippen LogP contribution is 2.29. The molecule has 1 aliphatic rings. The van der Waals surface area contributed by atoms with Gasteiger partial charge in [-0.25, -0.2) is 8.42 Å². The van der Waals surface area contributed by atoms with E-state index in [1.807, 2.05) is 36.2 Å². The number of nitrogen functional groups attached to an aromatic ring is 1. The second-order valence-electron chi connectivity index (χ2n) is 5.27. The number of anilines is 2. The summed E-state index contributed by atoms with van der Waals surface area (Å²) in [5, 5.41) is 0.994. The molecule has 1 unspecified atom stereocenters. The smallest absolute Gasteiger partial charge is 0.152 e. The van der Waals surface area contributed by atoms with Crippen LogP contribution in [-0.4, -0.2) is 38.0 Å². The molecule has 5 nitrogen and oxygen atoms in total. The van der Waals surface area contributed by atoms with Gasteiger partial charge in [-0.3, -0.25) is 4.98 Å². The fourth-order valence-electron chi connectivity index (χ4n) is 2.74. The third-order valence-corrected chi connectivity index (χ3v) is 5.63. The Morgan fingerprint density at radius 3 is 2.85 bits per heavy atom. The Balaban J connectivity index is 2.02. The molecule has 1 aliphatic heterocycles. The zero-order valence-corrected chi connectivity index (χ0v) is 12.1. The van der Waals surface area contributed by atoms with Crippen LogP contribution in [0.4, 0.5) is 11.4 Å². The molecule has 1 aromatic carbocycles. The van der Waals surface area contributed by atoms with Crippen molar-refractivity contribution in [3.63, 3.8) is 0 Å². The third-order valence-electron chi connectivity index (χ3n) is 3.88. The minimum Gasteiger partial charge on any atom is -0.399 e. The molecule has 0 saturated carbocycles. The lowest BCUT2D eigenvalue weighted by molar-refractivity contribution is 0.601. The van der Waals surface area contributed by atoms with Crippen molar-refractivity contribution in [3.05, 3.63) is 30.5 Å². The number of hydrogen-bond acceptors (Lipinski definition) is 5. The van der Waals surface area contributed by atoms with Crippen LogP contribution in [0.1, 0.15) is 6.42 Å². The maximum atomic E-state index is 11.6. The van der Waals surface area contributed by atoms with Gasteiger partial charge in [-0.15, -0.1) is 0 Å². The maximum absolute atomic E-state index is 11.6. The number of sulfone groups is 1.